The van der Waals surface area contributed by atoms with Gasteiger partial charge < -0.3 is 4.98 Å². The minimum absolute atomic E-state index is 0.256. The Hall–Kier alpha value is -3.41. The first kappa shape index (κ1) is 18.0. The molecule has 4 rings (SSSR count). The highest BCUT2D eigenvalue weighted by molar-refractivity contribution is 5.82. The molecule has 0 radical (unpaired) electrons. The third-order valence-corrected chi connectivity index (χ3v) is 4.60. The van der Waals surface area contributed by atoms with Crippen LogP contribution < -0.4 is 5.56 Å². The van der Waals surface area contributed by atoms with Crippen LogP contribution in [-0.2, 0) is 6.18 Å². The van der Waals surface area contributed by atoms with Crippen LogP contribution in [0.15, 0.2) is 71.5 Å². The van der Waals surface area contributed by atoms with E-state index in [-0.39, 0.29) is 5.56 Å². The van der Waals surface area contributed by atoms with Gasteiger partial charge >= 0.3 is 6.18 Å². The second-order valence-corrected chi connectivity index (χ2v) is 6.54. The molecule has 0 saturated heterocycles. The number of aromatic nitrogens is 2. The third kappa shape index (κ3) is 3.29. The predicted molar refractivity (Wildman–Crippen MR) is 103 cm³/mol. The van der Waals surface area contributed by atoms with Crippen molar-refractivity contribution < 1.29 is 13.2 Å². The molecule has 3 aromatic carbocycles. The summed E-state index contributed by atoms with van der Waals surface area (Å²) in [5, 5.41) is 0.498. The van der Waals surface area contributed by atoms with Crippen LogP contribution in [0.2, 0.25) is 0 Å². The van der Waals surface area contributed by atoms with Crippen LogP contribution in [0.4, 0.5) is 13.2 Å². The van der Waals surface area contributed by atoms with E-state index in [0.717, 1.165) is 17.7 Å². The van der Waals surface area contributed by atoms with E-state index in [0.29, 0.717) is 33.4 Å². The number of para-hydroxylation sites is 1. The highest BCUT2D eigenvalue weighted by Gasteiger charge is 2.30. The van der Waals surface area contributed by atoms with Crippen molar-refractivity contribution in [3.63, 3.8) is 0 Å². The van der Waals surface area contributed by atoms with Gasteiger partial charge in [-0.25, -0.2) is 4.98 Å². The summed E-state index contributed by atoms with van der Waals surface area (Å²) in [6.45, 7) is 1.87. The molecule has 28 heavy (non-hydrogen) atoms. The van der Waals surface area contributed by atoms with Crippen LogP contribution in [-0.4, -0.2) is 9.97 Å². The fourth-order valence-electron chi connectivity index (χ4n) is 3.16. The molecule has 0 saturated carbocycles. The average Bonchev–Trinajstić information content (AvgIpc) is 2.68. The number of aromatic amines is 1. The van der Waals surface area contributed by atoms with Crippen LogP contribution in [0, 0.1) is 6.92 Å². The van der Waals surface area contributed by atoms with Crippen LogP contribution in [0.1, 0.15) is 11.1 Å². The maximum Gasteiger partial charge on any atom is 0.416 e. The lowest BCUT2D eigenvalue weighted by molar-refractivity contribution is -0.137. The lowest BCUT2D eigenvalue weighted by atomic mass is 10.0. The number of alkyl halides is 3. The predicted octanol–water partition coefficient (Wildman–Crippen LogP) is 5.58. The van der Waals surface area contributed by atoms with Crippen molar-refractivity contribution >= 4 is 10.9 Å². The number of nitrogens with one attached hydrogen (secondary N) is 1. The van der Waals surface area contributed by atoms with E-state index in [9.17, 15) is 18.0 Å². The molecule has 0 atom stereocenters. The lowest BCUT2D eigenvalue weighted by Gasteiger charge is -2.10. The monoisotopic (exact) mass is 380 g/mol. The van der Waals surface area contributed by atoms with Crippen molar-refractivity contribution in [3.05, 3.63) is 88.2 Å². The summed E-state index contributed by atoms with van der Waals surface area (Å²) < 4.78 is 39.0. The Kier molecular flexibility index (Phi) is 4.26. The summed E-state index contributed by atoms with van der Waals surface area (Å²) in [7, 11) is 0. The van der Waals surface area contributed by atoms with Crippen molar-refractivity contribution in [1.82, 2.24) is 9.97 Å². The number of benzene rings is 3. The molecule has 0 bridgehead atoms. The Bertz CT molecular complexity index is 1240. The standard InChI is InChI=1S/C22H15F3N2O/c1-13-5-2-10-18-19(13)26-20(27-21(18)28)16-8-3-6-14(11-16)15-7-4-9-17(12-15)22(23,24)25/h2-12H,1H3,(H,26,27,28). The summed E-state index contributed by atoms with van der Waals surface area (Å²) in [6, 6.07) is 17.5. The van der Waals surface area contributed by atoms with Crippen LogP contribution in [0.5, 0.6) is 0 Å². The zero-order valence-corrected chi connectivity index (χ0v) is 14.8. The van der Waals surface area contributed by atoms with Crippen LogP contribution in [0.3, 0.4) is 0 Å². The largest absolute Gasteiger partial charge is 0.416 e. The van der Waals surface area contributed by atoms with Gasteiger partial charge in [0.2, 0.25) is 0 Å². The average molecular weight is 380 g/mol. The van der Waals surface area contributed by atoms with Gasteiger partial charge in [-0.1, -0.05) is 42.5 Å². The Balaban J connectivity index is 1.83. The molecule has 4 aromatic rings. The molecular formula is C22H15F3N2O. The zero-order chi connectivity index (χ0) is 19.9. The summed E-state index contributed by atoms with van der Waals surface area (Å²) >= 11 is 0. The molecule has 3 nitrogen and oxygen atoms in total. The maximum atomic E-state index is 13.0. The van der Waals surface area contributed by atoms with E-state index in [4.69, 9.17) is 0 Å². The van der Waals surface area contributed by atoms with Gasteiger partial charge in [0, 0.05) is 5.56 Å². The smallest absolute Gasteiger partial charge is 0.306 e. The van der Waals surface area contributed by atoms with Crippen LogP contribution in [0.25, 0.3) is 33.4 Å². The zero-order valence-electron chi connectivity index (χ0n) is 14.8. The van der Waals surface area contributed by atoms with E-state index in [1.807, 2.05) is 13.0 Å². The van der Waals surface area contributed by atoms with Gasteiger partial charge in [-0.3, -0.25) is 4.79 Å². The molecule has 0 amide bonds. The normalized spacial score (nSPS) is 11.7. The highest BCUT2D eigenvalue weighted by atomic mass is 19.4. The van der Waals surface area contributed by atoms with Gasteiger partial charge in [0.15, 0.2) is 0 Å². The van der Waals surface area contributed by atoms with Crippen LogP contribution >= 0.6 is 0 Å². The number of halogens is 3. The fraction of sp³-hybridized carbons (Fsp3) is 0.0909. The molecule has 1 aromatic heterocycles. The van der Waals surface area contributed by atoms with Gasteiger partial charge in [-0.15, -0.1) is 0 Å². The van der Waals surface area contributed by atoms with Gasteiger partial charge in [-0.2, -0.15) is 13.2 Å². The van der Waals surface area contributed by atoms with Crippen molar-refractivity contribution in [2.24, 2.45) is 0 Å². The summed E-state index contributed by atoms with van der Waals surface area (Å²) in [5.41, 5.74) is 2.19. The maximum absolute atomic E-state index is 13.0. The Morgan fingerprint density at radius 3 is 2.25 bits per heavy atom. The first-order valence-corrected chi connectivity index (χ1v) is 8.61. The molecule has 6 heteroatoms. The molecule has 0 fully saturated rings. The number of fused-ring (bicyclic) bond motifs is 1. The summed E-state index contributed by atoms with van der Waals surface area (Å²) in [5.74, 6) is 0.376. The van der Waals surface area contributed by atoms with Crippen molar-refractivity contribution in [2.45, 2.75) is 13.1 Å². The van der Waals surface area contributed by atoms with Gasteiger partial charge in [-0.05, 0) is 47.9 Å². The quantitative estimate of drug-likeness (QED) is 0.493. The topological polar surface area (TPSA) is 45.8 Å². The number of nitrogens with zero attached hydrogens (tertiary/aromatic N) is 1. The summed E-state index contributed by atoms with van der Waals surface area (Å²) in [6.07, 6.45) is -4.41. The molecule has 0 spiro atoms. The van der Waals surface area contributed by atoms with Gasteiger partial charge in [0.1, 0.15) is 5.82 Å². The molecular weight excluding hydrogens is 365 g/mol. The molecule has 0 aliphatic heterocycles. The van der Waals surface area contributed by atoms with Gasteiger partial charge in [0.25, 0.3) is 5.56 Å². The molecule has 1 N–H and O–H groups in total. The molecule has 0 aliphatic rings. The molecule has 0 unspecified atom stereocenters. The first-order chi connectivity index (χ1) is 13.3. The highest BCUT2D eigenvalue weighted by Crippen LogP contribution is 2.33. The van der Waals surface area contributed by atoms with E-state index < -0.39 is 11.7 Å². The SMILES string of the molecule is Cc1cccc2c(=O)[nH]c(-c3cccc(-c4cccc(C(F)(F)F)c4)c3)nc12. The second-order valence-electron chi connectivity index (χ2n) is 6.54. The Labute approximate surface area is 158 Å². The van der Waals surface area contributed by atoms with E-state index in [1.165, 1.54) is 6.07 Å². The number of H-pyrrole nitrogens is 1. The number of rotatable bonds is 2. The lowest BCUT2D eigenvalue weighted by Crippen LogP contribution is -2.10. The van der Waals surface area contributed by atoms with E-state index >= 15 is 0 Å². The number of hydrogen-bond acceptors (Lipinski definition) is 2. The fourth-order valence-corrected chi connectivity index (χ4v) is 3.16. The van der Waals surface area contributed by atoms with Gasteiger partial charge in [0.05, 0.1) is 16.5 Å². The molecule has 1 heterocycles. The number of aryl methyl sites for hydroxylation is 1. The van der Waals surface area contributed by atoms with Crippen molar-refractivity contribution in [1.29, 1.82) is 0 Å². The molecule has 140 valence electrons. The van der Waals surface area contributed by atoms with Crippen molar-refractivity contribution in [2.75, 3.05) is 0 Å². The first-order valence-electron chi connectivity index (χ1n) is 8.61. The summed E-state index contributed by atoms with van der Waals surface area (Å²) in [4.78, 5) is 19.7. The minimum Gasteiger partial charge on any atom is -0.306 e. The van der Waals surface area contributed by atoms with E-state index in [1.54, 1.807) is 42.5 Å². The second kappa shape index (κ2) is 6.64. The number of hydrogen-bond donors (Lipinski definition) is 1. The molecule has 0 aliphatic carbocycles. The van der Waals surface area contributed by atoms with E-state index in [2.05, 4.69) is 9.97 Å². The van der Waals surface area contributed by atoms with Crippen molar-refractivity contribution in [3.8, 4) is 22.5 Å². The Morgan fingerprint density at radius 1 is 0.857 bits per heavy atom. The third-order valence-electron chi connectivity index (χ3n) is 4.60. The Morgan fingerprint density at radius 2 is 1.50 bits per heavy atom. The minimum atomic E-state index is -4.41.